The highest BCUT2D eigenvalue weighted by atomic mass is 32.1. The Morgan fingerprint density at radius 1 is 0.241 bits per heavy atom. The SMILES string of the molecule is c1cc(-c2c3ccccc3c(-c3ccc4ccccc4c3)c3ccccc23)cc(-c2c3sc4ccccc4c3cc3c2sc2cc4ccccc4cc23)c1. The van der Waals surface area contributed by atoms with Gasteiger partial charge in [-0.2, -0.15) is 0 Å². The Morgan fingerprint density at radius 3 is 1.39 bits per heavy atom. The zero-order valence-electron chi connectivity index (χ0n) is 29.1. The predicted molar refractivity (Wildman–Crippen MR) is 239 cm³/mol. The number of fused-ring (bicyclic) bond motifs is 10. The van der Waals surface area contributed by atoms with Crippen LogP contribution in [0.5, 0.6) is 0 Å². The van der Waals surface area contributed by atoms with E-state index in [1.807, 2.05) is 22.7 Å². The second-order valence-corrected chi connectivity index (χ2v) is 16.5. The van der Waals surface area contributed by atoms with Crippen molar-refractivity contribution < 1.29 is 0 Å². The van der Waals surface area contributed by atoms with E-state index in [1.54, 1.807) is 0 Å². The topological polar surface area (TPSA) is 0 Å². The summed E-state index contributed by atoms with van der Waals surface area (Å²) in [4.78, 5) is 0. The Hall–Kier alpha value is -6.32. The fourth-order valence-corrected chi connectivity index (χ4v) is 11.6. The van der Waals surface area contributed by atoms with Crippen molar-refractivity contribution in [2.75, 3.05) is 0 Å². The molecule has 2 heteroatoms. The van der Waals surface area contributed by atoms with E-state index in [2.05, 4.69) is 182 Å². The molecule has 0 radical (unpaired) electrons. The fraction of sp³-hybridized carbons (Fsp3) is 0. The van der Waals surface area contributed by atoms with Gasteiger partial charge in [0.05, 0.1) is 0 Å². The Morgan fingerprint density at radius 2 is 0.722 bits per heavy atom. The Balaban J connectivity index is 1.15. The van der Waals surface area contributed by atoms with Crippen molar-refractivity contribution >= 4 is 106 Å². The molecule has 10 aromatic carbocycles. The average Bonchev–Trinajstić information content (AvgIpc) is 3.78. The molecule has 0 aliphatic heterocycles. The van der Waals surface area contributed by atoms with Crippen LogP contribution in [0.1, 0.15) is 0 Å². The van der Waals surface area contributed by atoms with Gasteiger partial charge in [-0.25, -0.2) is 0 Å². The van der Waals surface area contributed by atoms with Crippen LogP contribution in [-0.4, -0.2) is 0 Å². The number of rotatable bonds is 3. The zero-order valence-corrected chi connectivity index (χ0v) is 30.8. The summed E-state index contributed by atoms with van der Waals surface area (Å²) in [5.41, 5.74) is 7.67. The molecule has 2 heterocycles. The molecule has 12 aromatic rings. The molecule has 0 aliphatic carbocycles. The molecule has 0 bridgehead atoms. The second-order valence-electron chi connectivity index (χ2n) is 14.4. The van der Waals surface area contributed by atoms with E-state index in [0.717, 1.165) is 0 Å². The first-order valence-electron chi connectivity index (χ1n) is 18.5. The molecule has 12 rings (SSSR count). The number of benzene rings is 10. The first-order valence-corrected chi connectivity index (χ1v) is 20.1. The van der Waals surface area contributed by atoms with Crippen LogP contribution >= 0.6 is 22.7 Å². The molecule has 0 nitrogen and oxygen atoms in total. The first kappa shape index (κ1) is 30.2. The van der Waals surface area contributed by atoms with E-state index in [9.17, 15) is 0 Å². The molecular formula is C52H30S2. The molecule has 54 heavy (non-hydrogen) atoms. The summed E-state index contributed by atoms with van der Waals surface area (Å²) in [6, 6.07) is 67.9. The Labute approximate surface area is 319 Å². The third-order valence-corrected chi connectivity index (χ3v) is 13.8. The maximum absolute atomic E-state index is 2.47. The van der Waals surface area contributed by atoms with Crippen molar-refractivity contribution in [1.82, 2.24) is 0 Å². The largest absolute Gasteiger partial charge is 0.134 e. The van der Waals surface area contributed by atoms with Crippen molar-refractivity contribution in [3.8, 4) is 33.4 Å². The number of thiophene rings is 2. The van der Waals surface area contributed by atoms with Crippen LogP contribution in [0.15, 0.2) is 182 Å². The van der Waals surface area contributed by atoms with Crippen LogP contribution in [0.4, 0.5) is 0 Å². The maximum atomic E-state index is 2.47. The van der Waals surface area contributed by atoms with E-state index in [0.29, 0.717) is 0 Å². The lowest BCUT2D eigenvalue weighted by molar-refractivity contribution is 1.66. The van der Waals surface area contributed by atoms with Gasteiger partial charge >= 0.3 is 0 Å². The minimum atomic E-state index is 1.24. The van der Waals surface area contributed by atoms with Gasteiger partial charge in [0, 0.05) is 45.9 Å². The highest BCUT2D eigenvalue weighted by Gasteiger charge is 2.21. The summed E-state index contributed by atoms with van der Waals surface area (Å²) in [6.07, 6.45) is 0. The maximum Gasteiger partial charge on any atom is 0.0448 e. The smallest absolute Gasteiger partial charge is 0.0448 e. The fourth-order valence-electron chi connectivity index (χ4n) is 8.96. The molecule has 0 saturated carbocycles. The van der Waals surface area contributed by atoms with Gasteiger partial charge in [-0.1, -0.05) is 146 Å². The van der Waals surface area contributed by atoms with Gasteiger partial charge in [0.1, 0.15) is 0 Å². The van der Waals surface area contributed by atoms with Gasteiger partial charge in [0.25, 0.3) is 0 Å². The van der Waals surface area contributed by atoms with Crippen LogP contribution < -0.4 is 0 Å². The zero-order chi connectivity index (χ0) is 35.3. The van der Waals surface area contributed by atoms with E-state index in [1.165, 1.54) is 117 Å². The van der Waals surface area contributed by atoms with Crippen LogP contribution in [-0.2, 0) is 0 Å². The van der Waals surface area contributed by atoms with E-state index in [4.69, 9.17) is 0 Å². The van der Waals surface area contributed by atoms with Gasteiger partial charge in [0.15, 0.2) is 0 Å². The van der Waals surface area contributed by atoms with E-state index < -0.39 is 0 Å². The summed E-state index contributed by atoms with van der Waals surface area (Å²) in [7, 11) is 0. The molecule has 0 fully saturated rings. The number of hydrogen-bond donors (Lipinski definition) is 0. The molecular weight excluding hydrogens is 689 g/mol. The average molecular weight is 719 g/mol. The standard InChI is InChI=1S/C52H30S2/c1-2-13-32-26-37(25-24-31(32)12-1)49-41-21-7-5-19-39(41)48(40-20-6-8-22-42(40)49)35-16-11-17-36(27-35)50-51-44(38-18-9-10-23-46(38)53-51)30-45-43-28-33-14-3-4-15-34(33)29-47(43)54-52(45)50/h1-30H. The van der Waals surface area contributed by atoms with Crippen LogP contribution in [0, 0.1) is 0 Å². The molecule has 0 unspecified atom stereocenters. The molecule has 0 spiro atoms. The van der Waals surface area contributed by atoms with Gasteiger partial charge in [-0.3, -0.25) is 0 Å². The molecule has 0 aliphatic rings. The predicted octanol–water partition coefficient (Wildman–Crippen LogP) is 16.0. The lowest BCUT2D eigenvalue weighted by atomic mass is 9.85. The molecule has 2 aromatic heterocycles. The highest BCUT2D eigenvalue weighted by molar-refractivity contribution is 7.29. The van der Waals surface area contributed by atoms with Crippen molar-refractivity contribution in [1.29, 1.82) is 0 Å². The van der Waals surface area contributed by atoms with Gasteiger partial charge in [-0.05, 0) is 107 Å². The Bertz CT molecular complexity index is 3450. The minimum absolute atomic E-state index is 1.24. The molecule has 0 saturated heterocycles. The summed E-state index contributed by atoms with van der Waals surface area (Å²) in [5.74, 6) is 0. The quantitative estimate of drug-likeness (QED) is 0.160. The van der Waals surface area contributed by atoms with Crippen molar-refractivity contribution in [2.45, 2.75) is 0 Å². The summed E-state index contributed by atoms with van der Waals surface area (Å²) in [5, 5.41) is 15.5. The molecule has 0 N–H and O–H groups in total. The lowest BCUT2D eigenvalue weighted by Gasteiger charge is -2.18. The van der Waals surface area contributed by atoms with Crippen molar-refractivity contribution in [2.24, 2.45) is 0 Å². The summed E-state index contributed by atoms with van der Waals surface area (Å²) >= 11 is 3.86. The monoisotopic (exact) mass is 718 g/mol. The van der Waals surface area contributed by atoms with Crippen molar-refractivity contribution in [3.05, 3.63) is 182 Å². The van der Waals surface area contributed by atoms with Crippen LogP contribution in [0.2, 0.25) is 0 Å². The van der Waals surface area contributed by atoms with Crippen molar-refractivity contribution in [3.63, 3.8) is 0 Å². The van der Waals surface area contributed by atoms with Crippen LogP contribution in [0.3, 0.4) is 0 Å². The minimum Gasteiger partial charge on any atom is -0.134 e. The number of hydrogen-bond acceptors (Lipinski definition) is 2. The highest BCUT2D eigenvalue weighted by Crippen LogP contribution is 2.51. The third kappa shape index (κ3) is 4.42. The molecule has 0 atom stereocenters. The first-order chi connectivity index (χ1) is 26.8. The normalized spacial score (nSPS) is 12.1. The molecule has 0 amide bonds. The summed E-state index contributed by atoms with van der Waals surface area (Å²) < 4.78 is 5.39. The van der Waals surface area contributed by atoms with Gasteiger partial charge in [-0.15, -0.1) is 22.7 Å². The van der Waals surface area contributed by atoms with Gasteiger partial charge in [0.2, 0.25) is 0 Å². The lowest BCUT2D eigenvalue weighted by Crippen LogP contribution is -1.91. The van der Waals surface area contributed by atoms with E-state index >= 15 is 0 Å². The third-order valence-electron chi connectivity index (χ3n) is 11.4. The summed E-state index contributed by atoms with van der Waals surface area (Å²) in [6.45, 7) is 0. The Kier molecular flexibility index (Phi) is 6.48. The van der Waals surface area contributed by atoms with E-state index in [-0.39, 0.29) is 0 Å². The van der Waals surface area contributed by atoms with Gasteiger partial charge < -0.3 is 0 Å². The molecule has 250 valence electrons. The van der Waals surface area contributed by atoms with Crippen LogP contribution in [0.25, 0.3) is 117 Å². The second kappa shape index (κ2) is 11.6.